The number of hydrogen-bond acceptors (Lipinski definition) is 7. The van der Waals surface area contributed by atoms with Crippen LogP contribution in [-0.2, 0) is 21.3 Å². The minimum absolute atomic E-state index is 0.190. The van der Waals surface area contributed by atoms with E-state index in [9.17, 15) is 17.6 Å². The van der Waals surface area contributed by atoms with E-state index in [1.165, 1.54) is 16.6 Å². The number of hydrogen-bond donors (Lipinski definition) is 1. The molecular formula is C19H18FN3O4S3. The molecule has 0 aliphatic carbocycles. The molecule has 1 aliphatic rings. The van der Waals surface area contributed by atoms with Gasteiger partial charge in [0, 0.05) is 23.5 Å². The zero-order valence-corrected chi connectivity index (χ0v) is 18.2. The number of carbonyl (C=O) groups is 1. The van der Waals surface area contributed by atoms with E-state index >= 15 is 0 Å². The largest absolute Gasteiger partial charge is 0.379 e. The highest BCUT2D eigenvalue weighted by atomic mass is 32.2. The van der Waals surface area contributed by atoms with Crippen LogP contribution in [0.1, 0.15) is 14.5 Å². The number of thiophene rings is 1. The highest BCUT2D eigenvalue weighted by Crippen LogP contribution is 2.28. The van der Waals surface area contributed by atoms with Crippen LogP contribution >= 0.6 is 22.7 Å². The molecule has 0 atom stereocenters. The van der Waals surface area contributed by atoms with Crippen molar-refractivity contribution in [2.45, 2.75) is 10.8 Å². The molecule has 30 heavy (non-hydrogen) atoms. The SMILES string of the molecule is O=C(NCc1ccc(S(=O)(=O)N2CCOCC2)s1)c1cnc(-c2ccccc2F)s1. The molecule has 0 unspecified atom stereocenters. The van der Waals surface area contributed by atoms with Gasteiger partial charge in [-0.15, -0.1) is 22.7 Å². The molecule has 1 aliphatic heterocycles. The van der Waals surface area contributed by atoms with E-state index in [0.717, 1.165) is 22.7 Å². The lowest BCUT2D eigenvalue weighted by Crippen LogP contribution is -2.40. The number of rotatable bonds is 6. The molecule has 0 radical (unpaired) electrons. The lowest BCUT2D eigenvalue weighted by Gasteiger charge is -2.25. The molecular weight excluding hydrogens is 449 g/mol. The summed E-state index contributed by atoms with van der Waals surface area (Å²) in [6.45, 7) is 1.63. The monoisotopic (exact) mass is 467 g/mol. The Morgan fingerprint density at radius 2 is 1.93 bits per heavy atom. The fourth-order valence-corrected chi connectivity index (χ4v) is 6.62. The molecule has 1 amide bonds. The standard InChI is InChI=1S/C19H18FN3O4S3/c20-15-4-2-1-3-14(15)19-22-12-16(29-19)18(24)21-11-13-5-6-17(28-13)30(25,26)23-7-9-27-10-8-23/h1-6,12H,7-11H2,(H,21,24). The maximum Gasteiger partial charge on any atom is 0.263 e. The number of benzene rings is 1. The summed E-state index contributed by atoms with van der Waals surface area (Å²) in [6, 6.07) is 9.50. The molecule has 158 valence electrons. The van der Waals surface area contributed by atoms with E-state index < -0.39 is 15.8 Å². The number of nitrogens with one attached hydrogen (secondary N) is 1. The van der Waals surface area contributed by atoms with Gasteiger partial charge in [-0.1, -0.05) is 12.1 Å². The average molecular weight is 468 g/mol. The van der Waals surface area contributed by atoms with Gasteiger partial charge in [-0.2, -0.15) is 4.31 Å². The third kappa shape index (κ3) is 4.44. The predicted octanol–water partition coefficient (Wildman–Crippen LogP) is 2.96. The second kappa shape index (κ2) is 8.90. The molecule has 11 heteroatoms. The maximum atomic E-state index is 13.9. The summed E-state index contributed by atoms with van der Waals surface area (Å²) < 4.78 is 46.1. The summed E-state index contributed by atoms with van der Waals surface area (Å²) in [5, 5.41) is 3.18. The summed E-state index contributed by atoms with van der Waals surface area (Å²) in [4.78, 5) is 17.6. The number of nitrogens with zero attached hydrogens (tertiary/aromatic N) is 2. The first-order valence-electron chi connectivity index (χ1n) is 9.11. The van der Waals surface area contributed by atoms with Gasteiger partial charge in [-0.25, -0.2) is 17.8 Å². The Morgan fingerprint density at radius 3 is 2.70 bits per heavy atom. The van der Waals surface area contributed by atoms with Gasteiger partial charge in [0.2, 0.25) is 0 Å². The summed E-state index contributed by atoms with van der Waals surface area (Å²) >= 11 is 2.23. The molecule has 1 aromatic carbocycles. The van der Waals surface area contributed by atoms with Crippen molar-refractivity contribution in [2.24, 2.45) is 0 Å². The van der Waals surface area contributed by atoms with Crippen LogP contribution in [0.5, 0.6) is 0 Å². The normalized spacial score (nSPS) is 15.2. The molecule has 2 aromatic heterocycles. The molecule has 0 spiro atoms. The van der Waals surface area contributed by atoms with E-state index in [1.54, 1.807) is 30.3 Å². The molecule has 3 aromatic rings. The third-order valence-electron chi connectivity index (χ3n) is 4.46. The zero-order chi connectivity index (χ0) is 21.1. The Bertz CT molecular complexity index is 1150. The molecule has 1 N–H and O–H groups in total. The molecule has 0 saturated carbocycles. The number of sulfonamides is 1. The minimum atomic E-state index is -3.55. The zero-order valence-electron chi connectivity index (χ0n) is 15.7. The Labute approximate surface area is 181 Å². The van der Waals surface area contributed by atoms with Crippen molar-refractivity contribution < 1.29 is 22.3 Å². The number of aromatic nitrogens is 1. The number of carbonyl (C=O) groups excluding carboxylic acids is 1. The van der Waals surface area contributed by atoms with E-state index in [4.69, 9.17) is 4.74 Å². The van der Waals surface area contributed by atoms with Crippen molar-refractivity contribution in [3.05, 3.63) is 58.2 Å². The Kier molecular flexibility index (Phi) is 6.25. The van der Waals surface area contributed by atoms with Gasteiger partial charge in [-0.05, 0) is 24.3 Å². The smallest absolute Gasteiger partial charge is 0.263 e. The van der Waals surface area contributed by atoms with Gasteiger partial charge in [0.05, 0.1) is 26.0 Å². The van der Waals surface area contributed by atoms with Crippen molar-refractivity contribution in [1.82, 2.24) is 14.6 Å². The van der Waals surface area contributed by atoms with Crippen LogP contribution in [0, 0.1) is 5.82 Å². The molecule has 3 heterocycles. The van der Waals surface area contributed by atoms with Crippen molar-refractivity contribution in [1.29, 1.82) is 0 Å². The van der Waals surface area contributed by atoms with Crippen LogP contribution in [0.15, 0.2) is 46.8 Å². The van der Waals surface area contributed by atoms with Gasteiger partial charge < -0.3 is 10.1 Å². The van der Waals surface area contributed by atoms with Gasteiger partial charge >= 0.3 is 0 Å². The van der Waals surface area contributed by atoms with Crippen LogP contribution in [0.4, 0.5) is 4.39 Å². The third-order valence-corrected chi connectivity index (χ3v) is 8.94. The second-order valence-electron chi connectivity index (χ2n) is 6.43. The van der Waals surface area contributed by atoms with Crippen LogP contribution in [0.3, 0.4) is 0 Å². The second-order valence-corrected chi connectivity index (χ2v) is 10.8. The summed E-state index contributed by atoms with van der Waals surface area (Å²) in [7, 11) is -3.55. The van der Waals surface area contributed by atoms with E-state index in [1.807, 2.05) is 0 Å². The maximum absolute atomic E-state index is 13.9. The lowest BCUT2D eigenvalue weighted by atomic mass is 10.2. The highest BCUT2D eigenvalue weighted by molar-refractivity contribution is 7.91. The van der Waals surface area contributed by atoms with Gasteiger partial charge in [0.15, 0.2) is 0 Å². The van der Waals surface area contributed by atoms with E-state index in [0.29, 0.717) is 46.6 Å². The van der Waals surface area contributed by atoms with Crippen molar-refractivity contribution >= 4 is 38.6 Å². The summed E-state index contributed by atoms with van der Waals surface area (Å²) in [5.41, 5.74) is 0.345. The first-order valence-corrected chi connectivity index (χ1v) is 12.2. The summed E-state index contributed by atoms with van der Waals surface area (Å²) in [6.07, 6.45) is 1.41. The van der Waals surface area contributed by atoms with E-state index in [-0.39, 0.29) is 16.7 Å². The number of morpholine rings is 1. The number of thiazole rings is 1. The molecule has 1 saturated heterocycles. The molecule has 7 nitrogen and oxygen atoms in total. The first kappa shape index (κ1) is 21.1. The minimum Gasteiger partial charge on any atom is -0.379 e. The quantitative estimate of drug-likeness (QED) is 0.602. The average Bonchev–Trinajstić information content (AvgIpc) is 3.43. The highest BCUT2D eigenvalue weighted by Gasteiger charge is 2.27. The van der Waals surface area contributed by atoms with Crippen molar-refractivity contribution in [3.63, 3.8) is 0 Å². The van der Waals surface area contributed by atoms with Crippen molar-refractivity contribution in [2.75, 3.05) is 26.3 Å². The fourth-order valence-electron chi connectivity index (χ4n) is 2.90. The Hall–Kier alpha value is -2.18. The predicted molar refractivity (Wildman–Crippen MR) is 113 cm³/mol. The van der Waals surface area contributed by atoms with Crippen molar-refractivity contribution in [3.8, 4) is 10.6 Å². The lowest BCUT2D eigenvalue weighted by molar-refractivity contribution is 0.0731. The van der Waals surface area contributed by atoms with Gasteiger partial charge in [0.1, 0.15) is 19.9 Å². The van der Waals surface area contributed by atoms with Crippen LogP contribution in [0.2, 0.25) is 0 Å². The van der Waals surface area contributed by atoms with Gasteiger partial charge in [0.25, 0.3) is 15.9 Å². The number of halogens is 1. The van der Waals surface area contributed by atoms with Crippen LogP contribution in [0.25, 0.3) is 10.6 Å². The topological polar surface area (TPSA) is 88.6 Å². The Morgan fingerprint density at radius 1 is 1.17 bits per heavy atom. The van der Waals surface area contributed by atoms with Crippen LogP contribution in [-0.4, -0.2) is 49.9 Å². The fraction of sp³-hybridized carbons (Fsp3) is 0.263. The molecule has 1 fully saturated rings. The van der Waals surface area contributed by atoms with E-state index in [2.05, 4.69) is 10.3 Å². The van der Waals surface area contributed by atoms with Crippen LogP contribution < -0.4 is 5.32 Å². The Balaban J connectivity index is 1.40. The van der Waals surface area contributed by atoms with Gasteiger partial charge in [-0.3, -0.25) is 4.79 Å². The summed E-state index contributed by atoms with van der Waals surface area (Å²) in [5.74, 6) is -0.743. The number of amides is 1. The molecule has 4 rings (SSSR count). The number of ether oxygens (including phenoxy) is 1. The first-order chi connectivity index (χ1) is 14.4. The molecule has 0 bridgehead atoms.